The Morgan fingerprint density at radius 1 is 0.833 bits per heavy atom. The van der Waals surface area contributed by atoms with Crippen LogP contribution >= 0.6 is 0 Å². The van der Waals surface area contributed by atoms with Crippen LogP contribution in [0.2, 0.25) is 12.0 Å². The van der Waals surface area contributed by atoms with Crippen molar-refractivity contribution in [1.29, 1.82) is 0 Å². The predicted octanol–water partition coefficient (Wildman–Crippen LogP) is 3.57. The minimum absolute atomic E-state index is 0.700. The van der Waals surface area contributed by atoms with Crippen LogP contribution in [-0.4, -0.2) is 71.5 Å². The Labute approximate surface area is 124 Å². The Morgan fingerprint density at radius 3 is 1.72 bits per heavy atom. The van der Waals surface area contributed by atoms with Crippen molar-refractivity contribution in [2.45, 2.75) is 58.6 Å². The molecule has 0 rings (SSSR count). The van der Waals surface area contributed by atoms with E-state index in [0.717, 1.165) is 3.67 Å². The van der Waals surface area contributed by atoms with Gasteiger partial charge in [0.2, 0.25) is 0 Å². The van der Waals surface area contributed by atoms with E-state index in [0.29, 0.717) is 6.04 Å². The van der Waals surface area contributed by atoms with E-state index in [9.17, 15) is 0 Å². The third-order valence-corrected chi connectivity index (χ3v) is 16.0. The average Bonchev–Trinajstić information content (AvgIpc) is 2.25. The molecule has 0 amide bonds. The van der Waals surface area contributed by atoms with Crippen LogP contribution < -0.4 is 0 Å². The maximum atomic E-state index is 2.49. The molecule has 0 saturated carbocycles. The van der Waals surface area contributed by atoms with Gasteiger partial charge < -0.3 is 0 Å². The van der Waals surface area contributed by atoms with E-state index in [4.69, 9.17) is 0 Å². The van der Waals surface area contributed by atoms with Gasteiger partial charge in [0.05, 0.1) is 0 Å². The van der Waals surface area contributed by atoms with Crippen LogP contribution in [0.5, 0.6) is 0 Å². The quantitative estimate of drug-likeness (QED) is 0.589. The van der Waals surface area contributed by atoms with Gasteiger partial charge in [-0.25, -0.2) is 0 Å². The van der Waals surface area contributed by atoms with Gasteiger partial charge in [-0.05, 0) is 0 Å². The van der Waals surface area contributed by atoms with Crippen LogP contribution in [0, 0.1) is 0 Å². The van der Waals surface area contributed by atoms with Crippen LogP contribution in [0.3, 0.4) is 0 Å². The molecule has 2 nitrogen and oxygen atoms in total. The normalized spacial score (nSPS) is 12.2. The first-order valence-electron chi connectivity index (χ1n) is 7.69. The molecule has 0 aromatic heterocycles. The summed E-state index contributed by atoms with van der Waals surface area (Å²) in [5.74, 6) is 0. The summed E-state index contributed by atoms with van der Waals surface area (Å²) in [5, 5.41) is 0. The Bertz CT molecular complexity index is 193. The van der Waals surface area contributed by atoms with Crippen molar-refractivity contribution in [3.63, 3.8) is 0 Å². The topological polar surface area (TPSA) is 6.48 Å². The standard InChI is InChI=1S/C7H16N.C5H12N.C3H7.In/c1-5-6-8(4)7(2)3;1-4-5-6(2)3;1-3-2;/h7H,1,5-6H2,2-4H3;1,4-5H2,2-3H3;3H,1-2H3;. The zero-order valence-corrected chi connectivity index (χ0v) is 17.2. The van der Waals surface area contributed by atoms with Gasteiger partial charge >= 0.3 is 124 Å². The Morgan fingerprint density at radius 2 is 1.33 bits per heavy atom. The van der Waals surface area contributed by atoms with Gasteiger partial charge in [0.15, 0.2) is 0 Å². The fourth-order valence-corrected chi connectivity index (χ4v) is 11.0. The molecule has 0 N–H and O–H groups in total. The van der Waals surface area contributed by atoms with E-state index in [2.05, 4.69) is 58.6 Å². The third kappa shape index (κ3) is 9.69. The average molecular weight is 358 g/mol. The van der Waals surface area contributed by atoms with Crippen LogP contribution in [0.1, 0.15) is 40.5 Å². The molecule has 0 atom stereocenters. The van der Waals surface area contributed by atoms with Crippen molar-refractivity contribution in [3.05, 3.63) is 0 Å². The van der Waals surface area contributed by atoms with Crippen LogP contribution in [0.15, 0.2) is 0 Å². The van der Waals surface area contributed by atoms with E-state index in [1.165, 1.54) is 25.9 Å². The fourth-order valence-electron chi connectivity index (χ4n) is 2.34. The number of hydrogen-bond acceptors (Lipinski definition) is 2. The molecule has 0 heterocycles. The zero-order chi connectivity index (χ0) is 14.1. The van der Waals surface area contributed by atoms with E-state index in [-0.39, 0.29) is 0 Å². The number of nitrogens with zero attached hydrogens (tertiary/aromatic N) is 2. The molecule has 0 aliphatic heterocycles. The Hall–Kier alpha value is 0.790. The summed E-state index contributed by atoms with van der Waals surface area (Å²) in [4.78, 5) is 4.82. The number of rotatable bonds is 10. The summed E-state index contributed by atoms with van der Waals surface area (Å²) in [5.41, 5.74) is 0. The van der Waals surface area contributed by atoms with Gasteiger partial charge in [-0.2, -0.15) is 0 Å². The molecule has 3 heteroatoms. The predicted molar refractivity (Wildman–Crippen MR) is 86.0 cm³/mol. The van der Waals surface area contributed by atoms with E-state index in [1.54, 1.807) is 8.35 Å². The summed E-state index contributed by atoms with van der Waals surface area (Å²) in [6.45, 7) is 12.1. The fraction of sp³-hybridized carbons (Fsp3) is 1.00. The second kappa shape index (κ2) is 10.6. The Balaban J connectivity index is 3.83. The van der Waals surface area contributed by atoms with E-state index in [1.807, 2.05) is 0 Å². The van der Waals surface area contributed by atoms with E-state index >= 15 is 0 Å². The van der Waals surface area contributed by atoms with Crippen molar-refractivity contribution in [3.8, 4) is 0 Å². The van der Waals surface area contributed by atoms with Gasteiger partial charge in [0, 0.05) is 0 Å². The molecule has 108 valence electrons. The van der Waals surface area contributed by atoms with Gasteiger partial charge in [-0.1, -0.05) is 0 Å². The monoisotopic (exact) mass is 358 g/mol. The maximum absolute atomic E-state index is 2.49. The molecular formula is C15H35InN2. The van der Waals surface area contributed by atoms with Gasteiger partial charge in [-0.3, -0.25) is 0 Å². The minimum atomic E-state index is -1.24. The first kappa shape index (κ1) is 18.8. The van der Waals surface area contributed by atoms with Crippen molar-refractivity contribution < 1.29 is 0 Å². The summed E-state index contributed by atoms with van der Waals surface area (Å²) in [6, 6.07) is 0.700. The number of hydrogen-bond donors (Lipinski definition) is 0. The van der Waals surface area contributed by atoms with Gasteiger partial charge in [0.1, 0.15) is 0 Å². The SMILES string of the molecule is CC(C)N(C)CC[CH2][In]([CH2]CCN(C)C)[CH](C)C. The molecule has 0 aromatic carbocycles. The first-order chi connectivity index (χ1) is 8.34. The van der Waals surface area contributed by atoms with Crippen molar-refractivity contribution in [2.75, 3.05) is 34.2 Å². The molecule has 0 spiro atoms. The van der Waals surface area contributed by atoms with Gasteiger partial charge in [0.25, 0.3) is 0 Å². The molecule has 0 bridgehead atoms. The van der Waals surface area contributed by atoms with Gasteiger partial charge in [-0.15, -0.1) is 0 Å². The molecule has 0 radical (unpaired) electrons. The van der Waals surface area contributed by atoms with Crippen molar-refractivity contribution >= 4 is 21.4 Å². The van der Waals surface area contributed by atoms with Crippen LogP contribution in [0.25, 0.3) is 0 Å². The van der Waals surface area contributed by atoms with E-state index < -0.39 is 21.4 Å². The molecule has 0 fully saturated rings. The molecule has 18 heavy (non-hydrogen) atoms. The zero-order valence-electron chi connectivity index (χ0n) is 13.9. The third-order valence-electron chi connectivity index (χ3n) is 4.09. The molecule has 0 saturated heterocycles. The molecule has 0 unspecified atom stereocenters. The summed E-state index contributed by atoms with van der Waals surface area (Å²) in [7, 11) is 6.64. The summed E-state index contributed by atoms with van der Waals surface area (Å²) < 4.78 is 4.24. The molecular weight excluding hydrogens is 323 g/mol. The molecule has 0 aliphatic carbocycles. The summed E-state index contributed by atoms with van der Waals surface area (Å²) >= 11 is -1.24. The second-order valence-corrected chi connectivity index (χ2v) is 18.1. The van der Waals surface area contributed by atoms with Crippen molar-refractivity contribution in [1.82, 2.24) is 9.80 Å². The van der Waals surface area contributed by atoms with Crippen molar-refractivity contribution in [2.24, 2.45) is 0 Å². The molecule has 0 aliphatic rings. The van der Waals surface area contributed by atoms with Crippen LogP contribution in [0.4, 0.5) is 0 Å². The van der Waals surface area contributed by atoms with Crippen LogP contribution in [-0.2, 0) is 0 Å². The Kier molecular flexibility index (Phi) is 11.0. The molecule has 0 aromatic rings. The first-order valence-corrected chi connectivity index (χ1v) is 14.3. The summed E-state index contributed by atoms with van der Waals surface area (Å²) in [6.07, 6.45) is 2.88. The second-order valence-electron chi connectivity index (χ2n) is 6.67.